The molecule has 1 heterocycles. The molecule has 0 saturated heterocycles. The lowest BCUT2D eigenvalue weighted by Crippen LogP contribution is -2.43. The molecule has 0 unspecified atom stereocenters. The van der Waals surface area contributed by atoms with E-state index < -0.39 is 17.6 Å². The summed E-state index contributed by atoms with van der Waals surface area (Å²) in [5.41, 5.74) is 3.85. The summed E-state index contributed by atoms with van der Waals surface area (Å²) in [4.78, 5) is 37.3. The van der Waals surface area contributed by atoms with Crippen LogP contribution in [0.5, 0.6) is 0 Å². The van der Waals surface area contributed by atoms with Crippen LogP contribution in [0.1, 0.15) is 34.2 Å². The van der Waals surface area contributed by atoms with Gasteiger partial charge < -0.3 is 0 Å². The van der Waals surface area contributed by atoms with E-state index in [1.807, 2.05) is 6.92 Å². The van der Waals surface area contributed by atoms with Crippen molar-refractivity contribution in [2.75, 3.05) is 0 Å². The number of amides is 2. The number of hydrogen-bond donors (Lipinski definition) is 2. The molecule has 0 spiro atoms. The number of fused-ring (bicyclic) bond motifs is 1. The van der Waals surface area contributed by atoms with Crippen LogP contribution < -0.4 is 16.4 Å². The first-order valence-corrected chi connectivity index (χ1v) is 9.27. The van der Waals surface area contributed by atoms with E-state index in [1.165, 1.54) is 16.8 Å². The van der Waals surface area contributed by atoms with Crippen molar-refractivity contribution in [1.29, 1.82) is 0 Å². The molecular weight excluding hydrogens is 431 g/mol. The average molecular weight is 447 g/mol. The van der Waals surface area contributed by atoms with E-state index in [0.29, 0.717) is 28.2 Å². The third-order valence-corrected chi connectivity index (χ3v) is 4.47. The molecule has 2 aromatic carbocycles. The summed E-state index contributed by atoms with van der Waals surface area (Å²) in [7, 11) is 0. The molecule has 0 atom stereocenters. The first kappa shape index (κ1) is 19.7. The SMILES string of the molecule is CCCn1nc(C(=O)NNC(=O)c2cc(Br)ccc2F)c2ccccc2c1=O. The molecule has 3 rings (SSSR count). The molecule has 7 nitrogen and oxygen atoms in total. The number of aryl methyl sites for hydroxylation is 1. The lowest BCUT2D eigenvalue weighted by Gasteiger charge is -2.11. The first-order valence-electron chi connectivity index (χ1n) is 8.48. The second-order valence-electron chi connectivity index (χ2n) is 5.95. The van der Waals surface area contributed by atoms with Gasteiger partial charge in [-0.3, -0.25) is 25.2 Å². The topological polar surface area (TPSA) is 93.1 Å². The highest BCUT2D eigenvalue weighted by Crippen LogP contribution is 2.16. The Balaban J connectivity index is 1.89. The number of hydrazine groups is 1. The minimum atomic E-state index is -0.821. The van der Waals surface area contributed by atoms with Crippen molar-refractivity contribution in [3.05, 3.63) is 74.4 Å². The fourth-order valence-electron chi connectivity index (χ4n) is 2.68. The highest BCUT2D eigenvalue weighted by atomic mass is 79.9. The molecular formula is C19H16BrFN4O3. The van der Waals surface area contributed by atoms with Gasteiger partial charge in [0.25, 0.3) is 17.4 Å². The second-order valence-corrected chi connectivity index (χ2v) is 6.87. The van der Waals surface area contributed by atoms with Gasteiger partial charge in [-0.1, -0.05) is 41.1 Å². The molecule has 0 bridgehead atoms. The number of nitrogens with one attached hydrogen (secondary N) is 2. The highest BCUT2D eigenvalue weighted by molar-refractivity contribution is 9.10. The summed E-state index contributed by atoms with van der Waals surface area (Å²) in [6.45, 7) is 2.23. The molecule has 9 heteroatoms. The number of benzene rings is 2. The minimum Gasteiger partial charge on any atom is -0.267 e. The average Bonchev–Trinajstić information content (AvgIpc) is 2.70. The van der Waals surface area contributed by atoms with E-state index in [-0.39, 0.29) is 16.8 Å². The van der Waals surface area contributed by atoms with E-state index >= 15 is 0 Å². The minimum absolute atomic E-state index is 0.0151. The third kappa shape index (κ3) is 3.94. The quantitative estimate of drug-likeness (QED) is 0.602. The maximum Gasteiger partial charge on any atom is 0.290 e. The van der Waals surface area contributed by atoms with Crippen LogP contribution >= 0.6 is 15.9 Å². The fraction of sp³-hybridized carbons (Fsp3) is 0.158. The van der Waals surface area contributed by atoms with Crippen LogP contribution in [-0.2, 0) is 6.54 Å². The van der Waals surface area contributed by atoms with Crippen LogP contribution in [0.15, 0.2) is 51.7 Å². The molecule has 2 N–H and O–H groups in total. The molecule has 144 valence electrons. The number of nitrogens with zero attached hydrogens (tertiary/aromatic N) is 2. The van der Waals surface area contributed by atoms with Crippen LogP contribution in [0, 0.1) is 5.82 Å². The highest BCUT2D eigenvalue weighted by Gasteiger charge is 2.18. The number of carbonyl (C=O) groups is 2. The molecule has 0 aliphatic heterocycles. The monoisotopic (exact) mass is 446 g/mol. The maximum atomic E-state index is 13.8. The molecule has 0 aliphatic rings. The van der Waals surface area contributed by atoms with E-state index in [2.05, 4.69) is 31.9 Å². The lowest BCUT2D eigenvalue weighted by molar-refractivity contribution is 0.0841. The Morgan fingerprint density at radius 1 is 1.11 bits per heavy atom. The molecule has 2 amide bonds. The van der Waals surface area contributed by atoms with Crippen molar-refractivity contribution >= 4 is 38.5 Å². The molecule has 0 fully saturated rings. The van der Waals surface area contributed by atoms with Gasteiger partial charge in [0, 0.05) is 16.4 Å². The molecule has 1 aromatic heterocycles. The summed E-state index contributed by atoms with van der Waals surface area (Å²) in [5.74, 6) is -2.27. The first-order chi connectivity index (χ1) is 13.4. The summed E-state index contributed by atoms with van der Waals surface area (Å²) in [6.07, 6.45) is 0.658. The number of halogens is 2. The zero-order chi connectivity index (χ0) is 20.3. The van der Waals surface area contributed by atoms with Gasteiger partial charge in [0.1, 0.15) is 5.82 Å². The Bertz CT molecular complexity index is 1130. The number of hydrogen-bond acceptors (Lipinski definition) is 4. The zero-order valence-corrected chi connectivity index (χ0v) is 16.4. The smallest absolute Gasteiger partial charge is 0.267 e. The van der Waals surface area contributed by atoms with Crippen molar-refractivity contribution in [1.82, 2.24) is 20.6 Å². The predicted molar refractivity (Wildman–Crippen MR) is 105 cm³/mol. The number of carbonyl (C=O) groups excluding carboxylic acids is 2. The van der Waals surface area contributed by atoms with Gasteiger partial charge in [-0.15, -0.1) is 0 Å². The Labute approximate surface area is 167 Å². The molecule has 28 heavy (non-hydrogen) atoms. The Morgan fingerprint density at radius 3 is 2.50 bits per heavy atom. The van der Waals surface area contributed by atoms with Crippen LogP contribution in [0.25, 0.3) is 10.8 Å². The number of rotatable bonds is 4. The third-order valence-electron chi connectivity index (χ3n) is 3.98. The van der Waals surface area contributed by atoms with Crippen LogP contribution in [0.4, 0.5) is 4.39 Å². The number of aromatic nitrogens is 2. The standard InChI is InChI=1S/C19H16BrFN4O3/c1-2-9-25-19(28)13-6-4-3-5-12(13)16(24-25)18(27)23-22-17(26)14-10-11(20)7-8-15(14)21/h3-8,10H,2,9H2,1H3,(H,22,26)(H,23,27). The van der Waals surface area contributed by atoms with Crippen LogP contribution in [0.3, 0.4) is 0 Å². The fourth-order valence-corrected chi connectivity index (χ4v) is 3.04. The van der Waals surface area contributed by atoms with Crippen molar-refractivity contribution in [2.24, 2.45) is 0 Å². The summed E-state index contributed by atoms with van der Waals surface area (Å²) < 4.78 is 15.5. The van der Waals surface area contributed by atoms with E-state index in [1.54, 1.807) is 24.3 Å². The van der Waals surface area contributed by atoms with E-state index in [0.717, 1.165) is 6.07 Å². The van der Waals surface area contributed by atoms with Gasteiger partial charge in [-0.2, -0.15) is 5.10 Å². The van der Waals surface area contributed by atoms with Crippen LogP contribution in [-0.4, -0.2) is 21.6 Å². The van der Waals surface area contributed by atoms with Crippen LogP contribution in [0.2, 0.25) is 0 Å². The molecule has 0 radical (unpaired) electrons. The van der Waals surface area contributed by atoms with E-state index in [9.17, 15) is 18.8 Å². The van der Waals surface area contributed by atoms with Crippen molar-refractivity contribution in [3.8, 4) is 0 Å². The Hall–Kier alpha value is -3.07. The Morgan fingerprint density at radius 2 is 1.79 bits per heavy atom. The van der Waals surface area contributed by atoms with E-state index in [4.69, 9.17) is 0 Å². The Kier molecular flexibility index (Phi) is 5.84. The summed E-state index contributed by atoms with van der Waals surface area (Å²) in [6, 6.07) is 10.5. The van der Waals surface area contributed by atoms with Gasteiger partial charge in [-0.05, 0) is 30.7 Å². The van der Waals surface area contributed by atoms with Gasteiger partial charge in [0.2, 0.25) is 0 Å². The van der Waals surface area contributed by atoms with Crippen molar-refractivity contribution < 1.29 is 14.0 Å². The van der Waals surface area contributed by atoms with Crippen molar-refractivity contribution in [2.45, 2.75) is 19.9 Å². The van der Waals surface area contributed by atoms with Gasteiger partial charge in [-0.25, -0.2) is 9.07 Å². The van der Waals surface area contributed by atoms with Gasteiger partial charge in [0.05, 0.1) is 10.9 Å². The summed E-state index contributed by atoms with van der Waals surface area (Å²) >= 11 is 3.16. The molecule has 0 saturated carbocycles. The maximum absolute atomic E-state index is 13.8. The lowest BCUT2D eigenvalue weighted by atomic mass is 10.1. The van der Waals surface area contributed by atoms with Gasteiger partial charge in [0.15, 0.2) is 5.69 Å². The molecule has 3 aromatic rings. The predicted octanol–water partition coefficient (Wildman–Crippen LogP) is 2.78. The normalized spacial score (nSPS) is 10.7. The zero-order valence-electron chi connectivity index (χ0n) is 14.8. The van der Waals surface area contributed by atoms with Gasteiger partial charge >= 0.3 is 0 Å². The largest absolute Gasteiger partial charge is 0.290 e. The summed E-state index contributed by atoms with van der Waals surface area (Å²) in [5, 5.41) is 4.84. The van der Waals surface area contributed by atoms with Crippen molar-refractivity contribution in [3.63, 3.8) is 0 Å². The molecule has 0 aliphatic carbocycles. The second kappa shape index (κ2) is 8.30.